The van der Waals surface area contributed by atoms with E-state index in [0.717, 1.165) is 12.1 Å². The third kappa shape index (κ3) is 2.81. The molecule has 0 saturated carbocycles. The van der Waals surface area contributed by atoms with E-state index < -0.39 is 11.7 Å². The second-order valence-corrected chi connectivity index (χ2v) is 3.53. The summed E-state index contributed by atoms with van der Waals surface area (Å²) in [5.74, 6) is -0.381. The van der Waals surface area contributed by atoms with Crippen LogP contribution in [0.3, 0.4) is 0 Å². The van der Waals surface area contributed by atoms with Crippen LogP contribution in [0.15, 0.2) is 56.2 Å². The number of rotatable bonds is 2. The summed E-state index contributed by atoms with van der Waals surface area (Å²) in [5.41, 5.74) is 4.47. The van der Waals surface area contributed by atoms with Crippen molar-refractivity contribution in [2.24, 2.45) is 26.2 Å². The van der Waals surface area contributed by atoms with Gasteiger partial charge in [0.15, 0.2) is 17.4 Å². The molecule has 0 spiro atoms. The summed E-state index contributed by atoms with van der Waals surface area (Å²) in [6, 6.07) is 4.33. The molecule has 0 unspecified atom stereocenters. The quantitative estimate of drug-likeness (QED) is 0.789. The third-order valence-corrected chi connectivity index (χ3v) is 2.16. The van der Waals surface area contributed by atoms with Crippen LogP contribution in [-0.2, 0) is 6.18 Å². The van der Waals surface area contributed by atoms with Gasteiger partial charge in [0.05, 0.1) is 11.3 Å². The van der Waals surface area contributed by atoms with Crippen LogP contribution < -0.4 is 5.73 Å². The zero-order valence-corrected chi connectivity index (χ0v) is 9.31. The van der Waals surface area contributed by atoms with Gasteiger partial charge in [-0.2, -0.15) is 18.3 Å². The lowest BCUT2D eigenvalue weighted by molar-refractivity contribution is -0.137. The fourth-order valence-corrected chi connectivity index (χ4v) is 1.27. The predicted molar refractivity (Wildman–Crippen MR) is 59.8 cm³/mol. The highest BCUT2D eigenvalue weighted by Crippen LogP contribution is 2.31. The molecule has 0 fully saturated rings. The Hall–Kier alpha value is -2.58. The van der Waals surface area contributed by atoms with Gasteiger partial charge in [-0.25, -0.2) is 0 Å². The summed E-state index contributed by atoms with van der Waals surface area (Å²) in [4.78, 5) is 0. The van der Waals surface area contributed by atoms with E-state index in [1.165, 1.54) is 12.1 Å². The minimum atomic E-state index is -4.45. The van der Waals surface area contributed by atoms with Gasteiger partial charge >= 0.3 is 6.18 Å². The lowest BCUT2D eigenvalue weighted by Gasteiger charge is -2.05. The third-order valence-electron chi connectivity index (χ3n) is 2.16. The van der Waals surface area contributed by atoms with Crippen molar-refractivity contribution >= 4 is 11.5 Å². The zero-order valence-electron chi connectivity index (χ0n) is 9.31. The maximum Gasteiger partial charge on any atom is 0.416 e. The largest absolute Gasteiger partial charge is 0.416 e. The number of hydrogen-bond donors (Lipinski definition) is 2. The van der Waals surface area contributed by atoms with Crippen molar-refractivity contribution in [3.8, 4) is 0 Å². The Morgan fingerprint density at radius 2 is 1.89 bits per heavy atom. The molecule has 1 aromatic rings. The highest BCUT2D eigenvalue weighted by atomic mass is 19.4. The van der Waals surface area contributed by atoms with E-state index in [1.807, 2.05) is 0 Å². The summed E-state index contributed by atoms with van der Waals surface area (Å²) in [6.07, 6.45) is -4.45. The smallest absolute Gasteiger partial charge is 0.380 e. The van der Waals surface area contributed by atoms with E-state index in [2.05, 4.69) is 20.5 Å². The molecule has 98 valence electrons. The molecule has 2 rings (SSSR count). The molecule has 9 heteroatoms. The molecule has 0 amide bonds. The Bertz CT molecular complexity index is 614. The average molecular weight is 268 g/mol. The Morgan fingerprint density at radius 1 is 1.16 bits per heavy atom. The summed E-state index contributed by atoms with van der Waals surface area (Å²) in [7, 11) is 0. The number of alkyl halides is 3. The van der Waals surface area contributed by atoms with Gasteiger partial charge in [-0.15, -0.1) is 15.3 Å². The molecule has 1 aliphatic rings. The van der Waals surface area contributed by atoms with Gasteiger partial charge in [-0.05, 0) is 18.2 Å². The molecule has 19 heavy (non-hydrogen) atoms. The van der Waals surface area contributed by atoms with Gasteiger partial charge in [-0.1, -0.05) is 6.07 Å². The molecule has 1 heterocycles. The van der Waals surface area contributed by atoms with Crippen molar-refractivity contribution in [3.63, 3.8) is 0 Å². The first-order valence-corrected chi connectivity index (χ1v) is 4.97. The second-order valence-electron chi connectivity index (χ2n) is 3.53. The molecule has 0 aromatic heterocycles. The number of halogens is 3. The molecule has 0 bridgehead atoms. The monoisotopic (exact) mass is 268 g/mol. The van der Waals surface area contributed by atoms with Crippen molar-refractivity contribution in [1.82, 2.24) is 0 Å². The topological polar surface area (TPSA) is 99.3 Å². The van der Waals surface area contributed by atoms with Gasteiger partial charge in [0, 0.05) is 0 Å². The van der Waals surface area contributed by atoms with E-state index in [4.69, 9.17) is 11.1 Å². The van der Waals surface area contributed by atoms with Crippen LogP contribution in [0, 0.1) is 5.41 Å². The second kappa shape index (κ2) is 4.59. The standard InChI is InChI=1S/C10H7F3N6/c11-10(12,13)5-2-1-3-6(4-5)16-17-7-8(14)18-19-9(7)15/h1-4,14H,15H2. The summed E-state index contributed by atoms with van der Waals surface area (Å²) < 4.78 is 37.4. The van der Waals surface area contributed by atoms with Gasteiger partial charge in [0.2, 0.25) is 0 Å². The first-order valence-electron chi connectivity index (χ1n) is 4.97. The number of azo groups is 2. The van der Waals surface area contributed by atoms with Crippen molar-refractivity contribution in [3.05, 3.63) is 41.3 Å². The Kier molecular flexibility index (Phi) is 3.11. The van der Waals surface area contributed by atoms with Crippen molar-refractivity contribution in [2.45, 2.75) is 6.18 Å². The van der Waals surface area contributed by atoms with Crippen molar-refractivity contribution in [1.29, 1.82) is 5.41 Å². The molecule has 1 aliphatic heterocycles. The van der Waals surface area contributed by atoms with Gasteiger partial charge in [-0.3, -0.25) is 5.41 Å². The first kappa shape index (κ1) is 12.9. The number of nitrogens with one attached hydrogen (secondary N) is 1. The minimum Gasteiger partial charge on any atom is -0.380 e. The molecular weight excluding hydrogens is 261 g/mol. The van der Waals surface area contributed by atoms with Crippen LogP contribution in [-0.4, -0.2) is 5.84 Å². The van der Waals surface area contributed by atoms with E-state index >= 15 is 0 Å². The van der Waals surface area contributed by atoms with E-state index in [0.29, 0.717) is 0 Å². The fourth-order valence-electron chi connectivity index (χ4n) is 1.27. The minimum absolute atomic E-state index is 0.00479. The van der Waals surface area contributed by atoms with E-state index in [9.17, 15) is 13.2 Å². The lowest BCUT2D eigenvalue weighted by Crippen LogP contribution is -2.03. The number of hydrogen-bond acceptors (Lipinski definition) is 5. The summed E-state index contributed by atoms with van der Waals surface area (Å²) in [5, 5.41) is 21.2. The highest BCUT2D eigenvalue weighted by molar-refractivity contribution is 5.97. The number of nitrogens with zero attached hydrogens (tertiary/aromatic N) is 4. The van der Waals surface area contributed by atoms with Crippen molar-refractivity contribution in [2.75, 3.05) is 0 Å². The number of amidine groups is 1. The molecule has 1 aromatic carbocycles. The fraction of sp³-hybridized carbons (Fsp3) is 0.100. The van der Waals surface area contributed by atoms with Gasteiger partial charge < -0.3 is 5.73 Å². The predicted octanol–water partition coefficient (Wildman–Crippen LogP) is 3.36. The summed E-state index contributed by atoms with van der Waals surface area (Å²) >= 11 is 0. The van der Waals surface area contributed by atoms with Crippen LogP contribution in [0.25, 0.3) is 0 Å². The number of benzene rings is 1. The Balaban J connectivity index is 2.26. The molecule has 0 radical (unpaired) electrons. The van der Waals surface area contributed by atoms with Crippen LogP contribution in [0.4, 0.5) is 18.9 Å². The van der Waals surface area contributed by atoms with Crippen molar-refractivity contribution < 1.29 is 13.2 Å². The van der Waals surface area contributed by atoms with Gasteiger partial charge in [0.1, 0.15) is 0 Å². The normalized spacial score (nSPS) is 15.8. The summed E-state index contributed by atoms with van der Waals surface area (Å²) in [6.45, 7) is 0. The Labute approximate surface area is 105 Å². The van der Waals surface area contributed by atoms with Gasteiger partial charge in [0.25, 0.3) is 0 Å². The zero-order chi connectivity index (χ0) is 14.0. The molecule has 0 atom stereocenters. The SMILES string of the molecule is N=C1N=NC(N)=C1N=Nc1cccc(C(F)(F)F)c1. The first-order chi connectivity index (χ1) is 8.88. The van der Waals surface area contributed by atoms with Crippen LogP contribution in [0.2, 0.25) is 0 Å². The Morgan fingerprint density at radius 3 is 2.47 bits per heavy atom. The van der Waals surface area contributed by atoms with E-state index in [1.54, 1.807) is 0 Å². The van der Waals surface area contributed by atoms with E-state index in [-0.39, 0.29) is 23.0 Å². The number of nitrogens with two attached hydrogens (primary N) is 1. The molecular formula is C10H7F3N6. The molecule has 0 saturated heterocycles. The molecule has 0 aliphatic carbocycles. The maximum absolute atomic E-state index is 12.5. The molecule has 6 nitrogen and oxygen atoms in total. The maximum atomic E-state index is 12.5. The molecule has 3 N–H and O–H groups in total. The average Bonchev–Trinajstić information content (AvgIpc) is 2.66. The highest BCUT2D eigenvalue weighted by Gasteiger charge is 2.30. The van der Waals surface area contributed by atoms with Crippen LogP contribution >= 0.6 is 0 Å². The van der Waals surface area contributed by atoms with Crippen LogP contribution in [0.5, 0.6) is 0 Å². The lowest BCUT2D eigenvalue weighted by atomic mass is 10.2. The van der Waals surface area contributed by atoms with Crippen LogP contribution in [0.1, 0.15) is 5.56 Å².